The first kappa shape index (κ1) is 16.4. The summed E-state index contributed by atoms with van der Waals surface area (Å²) in [6, 6.07) is 9.74. The summed E-state index contributed by atoms with van der Waals surface area (Å²) >= 11 is 0. The molecule has 0 radical (unpaired) electrons. The average Bonchev–Trinajstić information content (AvgIpc) is 2.90. The van der Waals surface area contributed by atoms with Crippen LogP contribution in [0.25, 0.3) is 0 Å². The Labute approximate surface area is 138 Å². The lowest BCUT2D eigenvalue weighted by Crippen LogP contribution is -2.36. The van der Waals surface area contributed by atoms with Crippen LogP contribution in [0.3, 0.4) is 0 Å². The molecule has 0 bridgehead atoms. The van der Waals surface area contributed by atoms with E-state index in [1.807, 2.05) is 31.2 Å². The van der Waals surface area contributed by atoms with Crippen molar-refractivity contribution in [3.63, 3.8) is 0 Å². The van der Waals surface area contributed by atoms with Crippen LogP contribution in [0.5, 0.6) is 0 Å². The Morgan fingerprint density at radius 2 is 1.92 bits per heavy atom. The van der Waals surface area contributed by atoms with Crippen LogP contribution in [0.2, 0.25) is 0 Å². The van der Waals surface area contributed by atoms with E-state index in [1.54, 1.807) is 4.90 Å². The molecule has 2 aromatic rings. The molecule has 0 aliphatic carbocycles. The first-order chi connectivity index (χ1) is 11.5. The topological polar surface area (TPSA) is 32.3 Å². The molecule has 2 aromatic carbocycles. The molecule has 0 fully saturated rings. The van der Waals surface area contributed by atoms with Crippen molar-refractivity contribution in [1.82, 2.24) is 0 Å². The van der Waals surface area contributed by atoms with E-state index in [0.29, 0.717) is 0 Å². The van der Waals surface area contributed by atoms with Crippen molar-refractivity contribution in [2.24, 2.45) is 0 Å². The lowest BCUT2D eigenvalue weighted by Gasteiger charge is -2.23. The van der Waals surface area contributed by atoms with Crippen LogP contribution in [-0.4, -0.2) is 18.5 Å². The van der Waals surface area contributed by atoms with E-state index in [9.17, 15) is 18.0 Å². The number of fused-ring (bicyclic) bond motifs is 1. The summed E-state index contributed by atoms with van der Waals surface area (Å²) in [5.41, 5.74) is 1.86. The number of hydrogen-bond acceptors (Lipinski definition) is 2. The first-order valence-corrected chi connectivity index (χ1v) is 7.76. The van der Waals surface area contributed by atoms with Crippen molar-refractivity contribution in [3.05, 3.63) is 59.4 Å². The van der Waals surface area contributed by atoms with E-state index >= 15 is 0 Å². The SMILES string of the molecule is CC1Cc2ccccc2N1C(=O)CCNc1ccc(F)c(F)c1F. The maximum absolute atomic E-state index is 13.6. The minimum Gasteiger partial charge on any atom is -0.382 e. The van der Waals surface area contributed by atoms with Gasteiger partial charge in [0.25, 0.3) is 0 Å². The maximum Gasteiger partial charge on any atom is 0.229 e. The Bertz CT molecular complexity index is 779. The van der Waals surface area contributed by atoms with E-state index in [1.165, 1.54) is 0 Å². The van der Waals surface area contributed by atoms with Crippen molar-refractivity contribution >= 4 is 17.3 Å². The molecule has 24 heavy (non-hydrogen) atoms. The lowest BCUT2D eigenvalue weighted by atomic mass is 10.1. The van der Waals surface area contributed by atoms with Gasteiger partial charge in [0.2, 0.25) is 5.91 Å². The minimum atomic E-state index is -1.52. The number of halogens is 3. The fourth-order valence-electron chi connectivity index (χ4n) is 3.03. The standard InChI is InChI=1S/C18H17F3N2O/c1-11-10-12-4-2-3-5-15(12)23(11)16(24)8-9-22-14-7-6-13(19)17(20)18(14)21/h2-7,11,22H,8-10H2,1H3. The third-order valence-electron chi connectivity index (χ3n) is 4.17. The van der Waals surface area contributed by atoms with Crippen LogP contribution in [-0.2, 0) is 11.2 Å². The fraction of sp³-hybridized carbons (Fsp3) is 0.278. The lowest BCUT2D eigenvalue weighted by molar-refractivity contribution is -0.118. The second-order valence-corrected chi connectivity index (χ2v) is 5.85. The molecule has 0 saturated heterocycles. The van der Waals surface area contributed by atoms with Crippen LogP contribution < -0.4 is 10.2 Å². The van der Waals surface area contributed by atoms with E-state index in [0.717, 1.165) is 29.8 Å². The predicted octanol–water partition coefficient (Wildman–Crippen LogP) is 3.88. The summed E-state index contributed by atoms with van der Waals surface area (Å²) in [6.45, 7) is 2.10. The molecule has 1 atom stereocenters. The molecule has 0 spiro atoms. The first-order valence-electron chi connectivity index (χ1n) is 7.76. The molecule has 1 N–H and O–H groups in total. The molecule has 3 nitrogen and oxygen atoms in total. The van der Waals surface area contributed by atoms with E-state index in [-0.39, 0.29) is 30.6 Å². The highest BCUT2D eigenvalue weighted by Gasteiger charge is 2.30. The maximum atomic E-state index is 13.6. The van der Waals surface area contributed by atoms with Gasteiger partial charge < -0.3 is 10.2 Å². The Morgan fingerprint density at radius 3 is 2.71 bits per heavy atom. The molecule has 1 aliphatic heterocycles. The molecule has 0 aromatic heterocycles. The number of anilines is 2. The zero-order chi connectivity index (χ0) is 17.3. The summed E-state index contributed by atoms with van der Waals surface area (Å²) in [5, 5.41) is 2.64. The van der Waals surface area contributed by atoms with E-state index in [4.69, 9.17) is 0 Å². The highest BCUT2D eigenvalue weighted by atomic mass is 19.2. The number of carbonyl (C=O) groups excluding carboxylic acids is 1. The third-order valence-corrected chi connectivity index (χ3v) is 4.17. The molecule has 0 saturated carbocycles. The molecular weight excluding hydrogens is 317 g/mol. The molecule has 1 heterocycles. The van der Waals surface area contributed by atoms with Crippen LogP contribution in [0.1, 0.15) is 18.9 Å². The highest BCUT2D eigenvalue weighted by Crippen LogP contribution is 2.32. The molecule has 1 aliphatic rings. The molecule has 126 valence electrons. The van der Waals surface area contributed by atoms with Crippen molar-refractivity contribution in [3.8, 4) is 0 Å². The smallest absolute Gasteiger partial charge is 0.229 e. The zero-order valence-corrected chi connectivity index (χ0v) is 13.2. The van der Waals surface area contributed by atoms with Gasteiger partial charge >= 0.3 is 0 Å². The number of carbonyl (C=O) groups is 1. The number of nitrogens with one attached hydrogen (secondary N) is 1. The normalized spacial score (nSPS) is 16.2. The van der Waals surface area contributed by atoms with Gasteiger partial charge in [-0.25, -0.2) is 13.2 Å². The van der Waals surface area contributed by atoms with Gasteiger partial charge in [0, 0.05) is 24.7 Å². The van der Waals surface area contributed by atoms with Crippen LogP contribution in [0, 0.1) is 17.5 Å². The van der Waals surface area contributed by atoms with Crippen molar-refractivity contribution in [2.75, 3.05) is 16.8 Å². The van der Waals surface area contributed by atoms with Crippen LogP contribution >= 0.6 is 0 Å². The number of benzene rings is 2. The van der Waals surface area contributed by atoms with Crippen LogP contribution in [0.4, 0.5) is 24.5 Å². The minimum absolute atomic E-state index is 0.0647. The van der Waals surface area contributed by atoms with Gasteiger partial charge in [-0.05, 0) is 37.1 Å². The Morgan fingerprint density at radius 1 is 1.17 bits per heavy atom. The fourth-order valence-corrected chi connectivity index (χ4v) is 3.03. The summed E-state index contributed by atoms with van der Waals surface area (Å²) < 4.78 is 39.6. The molecule has 6 heteroatoms. The summed E-state index contributed by atoms with van der Waals surface area (Å²) in [5.74, 6) is -4.13. The largest absolute Gasteiger partial charge is 0.382 e. The molecule has 1 unspecified atom stereocenters. The van der Waals surface area contributed by atoms with Gasteiger partial charge in [-0.2, -0.15) is 0 Å². The van der Waals surface area contributed by atoms with Crippen molar-refractivity contribution in [1.29, 1.82) is 0 Å². The predicted molar refractivity (Wildman–Crippen MR) is 86.5 cm³/mol. The van der Waals surface area contributed by atoms with Gasteiger partial charge in [0.1, 0.15) is 0 Å². The van der Waals surface area contributed by atoms with Gasteiger partial charge in [0.05, 0.1) is 5.69 Å². The second kappa shape index (κ2) is 6.55. The Kier molecular flexibility index (Phi) is 4.46. The van der Waals surface area contributed by atoms with E-state index < -0.39 is 17.5 Å². The van der Waals surface area contributed by atoms with Gasteiger partial charge in [-0.15, -0.1) is 0 Å². The zero-order valence-electron chi connectivity index (χ0n) is 13.2. The average molecular weight is 334 g/mol. The number of nitrogens with zero attached hydrogens (tertiary/aromatic N) is 1. The summed E-state index contributed by atoms with van der Waals surface area (Å²) in [4.78, 5) is 14.2. The quantitative estimate of drug-likeness (QED) is 0.861. The molecule has 3 rings (SSSR count). The molecule has 1 amide bonds. The van der Waals surface area contributed by atoms with Crippen molar-refractivity contribution < 1.29 is 18.0 Å². The van der Waals surface area contributed by atoms with Gasteiger partial charge in [0.15, 0.2) is 17.5 Å². The Hall–Kier alpha value is -2.50. The van der Waals surface area contributed by atoms with Crippen molar-refractivity contribution in [2.45, 2.75) is 25.8 Å². The van der Waals surface area contributed by atoms with Gasteiger partial charge in [-0.1, -0.05) is 18.2 Å². The summed E-state index contributed by atoms with van der Waals surface area (Å²) in [6.07, 6.45) is 0.921. The van der Waals surface area contributed by atoms with E-state index in [2.05, 4.69) is 5.32 Å². The third kappa shape index (κ3) is 2.96. The second-order valence-electron chi connectivity index (χ2n) is 5.85. The number of para-hydroxylation sites is 1. The summed E-state index contributed by atoms with van der Waals surface area (Å²) in [7, 11) is 0. The monoisotopic (exact) mass is 334 g/mol. The number of hydrogen-bond donors (Lipinski definition) is 1. The number of rotatable bonds is 4. The van der Waals surface area contributed by atoms with Gasteiger partial charge in [-0.3, -0.25) is 4.79 Å². The molecular formula is C18H17F3N2O. The van der Waals surface area contributed by atoms with Crippen LogP contribution in [0.15, 0.2) is 36.4 Å². The number of amides is 1. The highest BCUT2D eigenvalue weighted by molar-refractivity contribution is 5.96. The Balaban J connectivity index is 1.64.